The lowest BCUT2D eigenvalue weighted by Gasteiger charge is -2.30. The first-order valence-corrected chi connectivity index (χ1v) is 11.5. The molecular formula is C23H36N4O3. The third-order valence-corrected chi connectivity index (χ3v) is 6.22. The van der Waals surface area contributed by atoms with Crippen LogP contribution in [0.1, 0.15) is 57.1 Å². The zero-order valence-electron chi connectivity index (χ0n) is 18.2. The Balaban J connectivity index is 1.28. The van der Waals surface area contributed by atoms with Gasteiger partial charge < -0.3 is 10.1 Å². The predicted molar refractivity (Wildman–Crippen MR) is 116 cm³/mol. The zero-order chi connectivity index (χ0) is 21.2. The number of ether oxygens (including phenoxy) is 1. The van der Waals surface area contributed by atoms with Crippen molar-refractivity contribution in [2.24, 2.45) is 5.92 Å². The number of nitrogens with zero attached hydrogens (tertiary/aromatic N) is 3. The van der Waals surface area contributed by atoms with Crippen molar-refractivity contribution >= 4 is 11.9 Å². The van der Waals surface area contributed by atoms with E-state index in [-0.39, 0.29) is 17.8 Å². The van der Waals surface area contributed by atoms with E-state index in [1.807, 2.05) is 25.4 Å². The number of carbonyl (C=O) groups is 2. The lowest BCUT2D eigenvalue weighted by molar-refractivity contribution is -0.144. The number of likely N-dealkylation sites (tertiary alicyclic amines) is 2. The molecule has 3 rings (SSSR count). The van der Waals surface area contributed by atoms with Crippen LogP contribution < -0.4 is 5.32 Å². The Hall–Kier alpha value is -1.99. The quantitative estimate of drug-likeness (QED) is 0.466. The van der Waals surface area contributed by atoms with Crippen LogP contribution in [0.25, 0.3) is 0 Å². The SMILES string of the molecule is CCOC(=O)CN1CCC(C(=O)NCCCCN2CCC[C@H]2c2cccnc2)CC1. The van der Waals surface area contributed by atoms with Crippen molar-refractivity contribution in [2.75, 3.05) is 45.9 Å². The average molecular weight is 417 g/mol. The maximum atomic E-state index is 12.4. The lowest BCUT2D eigenvalue weighted by Crippen LogP contribution is -2.42. The van der Waals surface area contributed by atoms with Crippen LogP contribution >= 0.6 is 0 Å². The van der Waals surface area contributed by atoms with Gasteiger partial charge in [0.15, 0.2) is 0 Å². The number of amides is 1. The second-order valence-corrected chi connectivity index (χ2v) is 8.33. The summed E-state index contributed by atoms with van der Waals surface area (Å²) >= 11 is 0. The molecule has 0 spiro atoms. The topological polar surface area (TPSA) is 74.8 Å². The molecule has 1 atom stereocenters. The maximum absolute atomic E-state index is 12.4. The minimum atomic E-state index is -0.177. The Morgan fingerprint density at radius 3 is 2.77 bits per heavy atom. The van der Waals surface area contributed by atoms with Gasteiger partial charge in [-0.1, -0.05) is 6.07 Å². The Morgan fingerprint density at radius 2 is 2.03 bits per heavy atom. The molecule has 0 aromatic carbocycles. The molecule has 2 aliphatic heterocycles. The summed E-state index contributed by atoms with van der Waals surface area (Å²) < 4.78 is 5.00. The second-order valence-electron chi connectivity index (χ2n) is 8.33. The van der Waals surface area contributed by atoms with Crippen molar-refractivity contribution in [1.82, 2.24) is 20.1 Å². The second kappa shape index (κ2) is 12.0. The summed E-state index contributed by atoms with van der Waals surface area (Å²) in [5.74, 6) is 0.0568. The van der Waals surface area contributed by atoms with E-state index in [1.54, 1.807) is 0 Å². The summed E-state index contributed by atoms with van der Waals surface area (Å²) in [5.41, 5.74) is 1.32. The Labute approximate surface area is 180 Å². The van der Waals surface area contributed by atoms with E-state index < -0.39 is 0 Å². The van der Waals surface area contributed by atoms with Gasteiger partial charge in [-0.25, -0.2) is 0 Å². The van der Waals surface area contributed by atoms with Gasteiger partial charge in [-0.15, -0.1) is 0 Å². The van der Waals surface area contributed by atoms with E-state index >= 15 is 0 Å². The van der Waals surface area contributed by atoms with Crippen LogP contribution in [0.15, 0.2) is 24.5 Å². The molecule has 2 fully saturated rings. The molecule has 0 aliphatic carbocycles. The van der Waals surface area contributed by atoms with E-state index in [0.717, 1.165) is 58.4 Å². The van der Waals surface area contributed by atoms with Crippen molar-refractivity contribution in [3.05, 3.63) is 30.1 Å². The third-order valence-electron chi connectivity index (χ3n) is 6.22. The van der Waals surface area contributed by atoms with Gasteiger partial charge in [-0.2, -0.15) is 0 Å². The molecule has 7 heteroatoms. The van der Waals surface area contributed by atoms with E-state index in [9.17, 15) is 9.59 Å². The molecule has 3 heterocycles. The fraction of sp³-hybridized carbons (Fsp3) is 0.696. The number of piperidine rings is 1. The Kier molecular flexibility index (Phi) is 9.08. The first kappa shape index (κ1) is 22.7. The Bertz CT molecular complexity index is 662. The summed E-state index contributed by atoms with van der Waals surface area (Å²) in [7, 11) is 0. The van der Waals surface area contributed by atoms with Gasteiger partial charge in [0.05, 0.1) is 13.2 Å². The van der Waals surface area contributed by atoms with Crippen LogP contribution in [0.3, 0.4) is 0 Å². The normalized spacial score (nSPS) is 20.9. The number of hydrogen-bond acceptors (Lipinski definition) is 6. The standard InChI is InChI=1S/C23H36N4O3/c1-2-30-22(28)18-26-15-9-19(10-16-26)23(29)25-12-3-4-13-27-14-6-8-21(27)20-7-5-11-24-17-20/h5,7,11,17,19,21H,2-4,6,8-10,12-16,18H2,1H3,(H,25,29)/t21-/m0/s1. The van der Waals surface area contributed by atoms with E-state index in [1.165, 1.54) is 18.4 Å². The first-order valence-electron chi connectivity index (χ1n) is 11.5. The predicted octanol–water partition coefficient (Wildman–Crippen LogP) is 2.39. The summed E-state index contributed by atoms with van der Waals surface area (Å²) in [6.07, 6.45) is 9.98. The fourth-order valence-electron chi connectivity index (χ4n) is 4.58. The molecular weight excluding hydrogens is 380 g/mol. The number of rotatable bonds is 10. The van der Waals surface area contributed by atoms with Crippen LogP contribution in [0.2, 0.25) is 0 Å². The van der Waals surface area contributed by atoms with Crippen molar-refractivity contribution in [3.63, 3.8) is 0 Å². The Morgan fingerprint density at radius 1 is 1.20 bits per heavy atom. The molecule has 166 valence electrons. The zero-order valence-corrected chi connectivity index (χ0v) is 18.2. The molecule has 7 nitrogen and oxygen atoms in total. The molecule has 30 heavy (non-hydrogen) atoms. The number of esters is 1. The minimum Gasteiger partial charge on any atom is -0.465 e. The molecule has 0 unspecified atom stereocenters. The highest BCUT2D eigenvalue weighted by Gasteiger charge is 2.27. The molecule has 1 amide bonds. The molecule has 1 aromatic rings. The van der Waals surface area contributed by atoms with Crippen molar-refractivity contribution in [2.45, 2.75) is 51.5 Å². The van der Waals surface area contributed by atoms with Crippen LogP contribution in [0.4, 0.5) is 0 Å². The highest BCUT2D eigenvalue weighted by molar-refractivity contribution is 5.78. The number of aromatic nitrogens is 1. The summed E-state index contributed by atoms with van der Waals surface area (Å²) in [6, 6.07) is 4.69. The molecule has 2 aliphatic rings. The molecule has 0 saturated carbocycles. The molecule has 0 bridgehead atoms. The maximum Gasteiger partial charge on any atom is 0.320 e. The third kappa shape index (κ3) is 6.77. The largest absolute Gasteiger partial charge is 0.465 e. The molecule has 2 saturated heterocycles. The van der Waals surface area contributed by atoms with Crippen LogP contribution in [-0.2, 0) is 14.3 Å². The van der Waals surface area contributed by atoms with Crippen molar-refractivity contribution in [3.8, 4) is 0 Å². The van der Waals surface area contributed by atoms with Crippen LogP contribution in [-0.4, -0.2) is 72.5 Å². The molecule has 1 aromatic heterocycles. The average Bonchev–Trinajstić information content (AvgIpc) is 3.23. The van der Waals surface area contributed by atoms with Crippen molar-refractivity contribution in [1.29, 1.82) is 0 Å². The first-order chi connectivity index (χ1) is 14.7. The van der Waals surface area contributed by atoms with Gasteiger partial charge in [-0.3, -0.25) is 24.4 Å². The van der Waals surface area contributed by atoms with Gasteiger partial charge in [0.25, 0.3) is 0 Å². The highest BCUT2D eigenvalue weighted by atomic mass is 16.5. The van der Waals surface area contributed by atoms with Gasteiger partial charge in [0, 0.05) is 30.9 Å². The monoisotopic (exact) mass is 416 g/mol. The van der Waals surface area contributed by atoms with E-state index in [4.69, 9.17) is 4.74 Å². The summed E-state index contributed by atoms with van der Waals surface area (Å²) in [4.78, 5) is 32.9. The van der Waals surface area contributed by atoms with Gasteiger partial charge in [0.2, 0.25) is 5.91 Å². The number of unbranched alkanes of at least 4 members (excludes halogenated alkanes) is 1. The van der Waals surface area contributed by atoms with Gasteiger partial charge >= 0.3 is 5.97 Å². The van der Waals surface area contributed by atoms with Crippen LogP contribution in [0, 0.1) is 5.92 Å². The number of carbonyl (C=O) groups excluding carboxylic acids is 2. The fourth-order valence-corrected chi connectivity index (χ4v) is 4.58. The summed E-state index contributed by atoms with van der Waals surface area (Å²) in [5, 5.41) is 3.12. The highest BCUT2D eigenvalue weighted by Crippen LogP contribution is 2.31. The van der Waals surface area contributed by atoms with Crippen molar-refractivity contribution < 1.29 is 14.3 Å². The van der Waals surface area contributed by atoms with Crippen LogP contribution in [0.5, 0.6) is 0 Å². The van der Waals surface area contributed by atoms with Gasteiger partial charge in [-0.05, 0) is 83.3 Å². The smallest absolute Gasteiger partial charge is 0.320 e. The van der Waals surface area contributed by atoms with E-state index in [2.05, 4.69) is 26.2 Å². The van der Waals surface area contributed by atoms with Gasteiger partial charge in [0.1, 0.15) is 0 Å². The van der Waals surface area contributed by atoms with E-state index in [0.29, 0.717) is 19.2 Å². The number of hydrogen-bond donors (Lipinski definition) is 1. The minimum absolute atomic E-state index is 0.0667. The molecule has 0 radical (unpaired) electrons. The summed E-state index contributed by atoms with van der Waals surface area (Å²) in [6.45, 7) is 7.09. The number of nitrogens with one attached hydrogen (secondary N) is 1. The molecule has 1 N–H and O–H groups in total. The number of pyridine rings is 1. The lowest BCUT2D eigenvalue weighted by atomic mass is 9.96.